The molecule has 1 N–H and O–H groups in total. The Labute approximate surface area is 143 Å². The molecule has 5 nitrogen and oxygen atoms in total. The molecule has 5 heteroatoms. The molecular formula is C19H26N4O. The summed E-state index contributed by atoms with van der Waals surface area (Å²) < 4.78 is 0. The first-order valence-electron chi connectivity index (χ1n) is 8.83. The van der Waals surface area contributed by atoms with Crippen LogP contribution < -0.4 is 4.90 Å². The number of rotatable bonds is 6. The number of aliphatic hydroxyl groups is 1. The standard InChI is InChI=1S/C19H26N4O/c1-3-16-14-17(22-18(21-16)15-6-10-20-11-7-15)23-12-4-8-19(23,2)9-5-13-24/h6-7,10-11,14,24H,3-5,8-9,12-13H2,1-2H3/t19-/m1/s1. The normalized spacial score (nSPS) is 20.5. The quantitative estimate of drug-likeness (QED) is 0.883. The van der Waals surface area contributed by atoms with Gasteiger partial charge in [0.1, 0.15) is 5.82 Å². The van der Waals surface area contributed by atoms with Crippen LogP contribution in [0.3, 0.4) is 0 Å². The number of aliphatic hydroxyl groups excluding tert-OH is 1. The minimum Gasteiger partial charge on any atom is -0.396 e. The molecule has 1 saturated heterocycles. The lowest BCUT2D eigenvalue weighted by Gasteiger charge is -2.36. The molecular weight excluding hydrogens is 300 g/mol. The van der Waals surface area contributed by atoms with E-state index in [4.69, 9.17) is 9.97 Å². The van der Waals surface area contributed by atoms with Gasteiger partial charge in [0.05, 0.1) is 0 Å². The summed E-state index contributed by atoms with van der Waals surface area (Å²) in [5.41, 5.74) is 2.12. The molecule has 0 aromatic carbocycles. The van der Waals surface area contributed by atoms with Crippen LogP contribution in [0, 0.1) is 0 Å². The monoisotopic (exact) mass is 326 g/mol. The zero-order valence-corrected chi connectivity index (χ0v) is 14.6. The fraction of sp³-hybridized carbons (Fsp3) is 0.526. The van der Waals surface area contributed by atoms with E-state index in [2.05, 4.69) is 29.8 Å². The minimum atomic E-state index is 0.0671. The molecule has 1 aliphatic heterocycles. The fourth-order valence-corrected chi connectivity index (χ4v) is 3.57. The largest absolute Gasteiger partial charge is 0.396 e. The lowest BCUT2D eigenvalue weighted by atomic mass is 9.93. The molecule has 0 unspecified atom stereocenters. The van der Waals surface area contributed by atoms with Crippen LogP contribution >= 0.6 is 0 Å². The zero-order chi connectivity index (χ0) is 17.0. The molecule has 3 rings (SSSR count). The highest BCUT2D eigenvalue weighted by Gasteiger charge is 2.37. The molecule has 0 aliphatic carbocycles. The van der Waals surface area contributed by atoms with Crippen molar-refractivity contribution < 1.29 is 5.11 Å². The third-order valence-corrected chi connectivity index (χ3v) is 4.97. The van der Waals surface area contributed by atoms with Crippen molar-refractivity contribution in [3.8, 4) is 11.4 Å². The van der Waals surface area contributed by atoms with Crippen molar-refractivity contribution in [2.75, 3.05) is 18.1 Å². The smallest absolute Gasteiger partial charge is 0.161 e. The second-order valence-corrected chi connectivity index (χ2v) is 6.71. The number of hydrogen-bond donors (Lipinski definition) is 1. The average molecular weight is 326 g/mol. The van der Waals surface area contributed by atoms with Crippen LogP contribution in [0.5, 0.6) is 0 Å². The lowest BCUT2D eigenvalue weighted by Crippen LogP contribution is -2.42. The van der Waals surface area contributed by atoms with Gasteiger partial charge in [-0.25, -0.2) is 9.97 Å². The summed E-state index contributed by atoms with van der Waals surface area (Å²) in [7, 11) is 0. The Bertz CT molecular complexity index is 676. The Morgan fingerprint density at radius 1 is 1.25 bits per heavy atom. The Morgan fingerprint density at radius 3 is 2.75 bits per heavy atom. The van der Waals surface area contributed by atoms with E-state index < -0.39 is 0 Å². The molecule has 1 aliphatic rings. The van der Waals surface area contributed by atoms with Crippen molar-refractivity contribution in [3.05, 3.63) is 36.3 Å². The van der Waals surface area contributed by atoms with Gasteiger partial charge < -0.3 is 10.0 Å². The molecule has 24 heavy (non-hydrogen) atoms. The van der Waals surface area contributed by atoms with E-state index in [1.54, 1.807) is 12.4 Å². The van der Waals surface area contributed by atoms with Crippen molar-refractivity contribution in [2.24, 2.45) is 0 Å². The van der Waals surface area contributed by atoms with E-state index in [-0.39, 0.29) is 12.1 Å². The SMILES string of the molecule is CCc1cc(N2CCC[C@]2(C)CCCO)nc(-c2ccncc2)n1. The molecule has 0 saturated carbocycles. The van der Waals surface area contributed by atoms with Crippen LogP contribution in [0.25, 0.3) is 11.4 Å². The molecule has 0 bridgehead atoms. The van der Waals surface area contributed by atoms with Gasteiger partial charge in [0.25, 0.3) is 0 Å². The van der Waals surface area contributed by atoms with Crippen molar-refractivity contribution in [2.45, 2.75) is 51.5 Å². The van der Waals surface area contributed by atoms with Gasteiger partial charge in [-0.05, 0) is 51.2 Å². The predicted octanol–water partition coefficient (Wildman–Crippen LogP) is 3.23. The fourth-order valence-electron chi connectivity index (χ4n) is 3.57. The third-order valence-electron chi connectivity index (χ3n) is 4.97. The summed E-state index contributed by atoms with van der Waals surface area (Å²) in [6.45, 7) is 5.67. The lowest BCUT2D eigenvalue weighted by molar-refractivity contribution is 0.265. The van der Waals surface area contributed by atoms with Crippen LogP contribution in [0.2, 0.25) is 0 Å². The molecule has 2 aromatic heterocycles. The summed E-state index contributed by atoms with van der Waals surface area (Å²) >= 11 is 0. The summed E-state index contributed by atoms with van der Waals surface area (Å²) in [6.07, 6.45) is 8.56. The highest BCUT2D eigenvalue weighted by atomic mass is 16.2. The number of anilines is 1. The summed E-state index contributed by atoms with van der Waals surface area (Å²) in [6, 6.07) is 6.02. The van der Waals surface area contributed by atoms with Crippen LogP contribution in [-0.2, 0) is 6.42 Å². The first-order valence-corrected chi connectivity index (χ1v) is 8.83. The molecule has 0 amide bonds. The number of hydrogen-bond acceptors (Lipinski definition) is 5. The highest BCUT2D eigenvalue weighted by molar-refractivity contribution is 5.58. The van der Waals surface area contributed by atoms with E-state index >= 15 is 0 Å². The number of aryl methyl sites for hydroxylation is 1. The van der Waals surface area contributed by atoms with Crippen molar-refractivity contribution in [1.82, 2.24) is 15.0 Å². The van der Waals surface area contributed by atoms with Gasteiger partial charge in [0.15, 0.2) is 5.82 Å². The van der Waals surface area contributed by atoms with Gasteiger partial charge in [-0.3, -0.25) is 4.98 Å². The Kier molecular flexibility index (Phi) is 5.09. The summed E-state index contributed by atoms with van der Waals surface area (Å²) in [4.78, 5) is 16.1. The Balaban J connectivity index is 1.98. The van der Waals surface area contributed by atoms with E-state index in [0.717, 1.165) is 61.5 Å². The van der Waals surface area contributed by atoms with Gasteiger partial charge in [-0.15, -0.1) is 0 Å². The number of aromatic nitrogens is 3. The van der Waals surface area contributed by atoms with Crippen molar-refractivity contribution >= 4 is 5.82 Å². The van der Waals surface area contributed by atoms with Crippen LogP contribution in [0.15, 0.2) is 30.6 Å². The topological polar surface area (TPSA) is 62.1 Å². The van der Waals surface area contributed by atoms with Crippen molar-refractivity contribution in [3.63, 3.8) is 0 Å². The van der Waals surface area contributed by atoms with Gasteiger partial charge >= 0.3 is 0 Å². The number of nitrogens with zero attached hydrogens (tertiary/aromatic N) is 4. The first-order chi connectivity index (χ1) is 11.7. The maximum absolute atomic E-state index is 9.22. The highest BCUT2D eigenvalue weighted by Crippen LogP contribution is 2.37. The number of pyridine rings is 1. The van der Waals surface area contributed by atoms with Crippen molar-refractivity contribution in [1.29, 1.82) is 0 Å². The van der Waals surface area contributed by atoms with Gasteiger partial charge in [-0.1, -0.05) is 6.92 Å². The van der Waals surface area contributed by atoms with Crippen LogP contribution in [-0.4, -0.2) is 38.7 Å². The Morgan fingerprint density at radius 2 is 2.04 bits per heavy atom. The van der Waals surface area contributed by atoms with E-state index in [1.807, 2.05) is 12.1 Å². The molecule has 1 fully saturated rings. The van der Waals surface area contributed by atoms with E-state index in [9.17, 15) is 5.11 Å². The molecule has 0 spiro atoms. The second kappa shape index (κ2) is 7.26. The molecule has 1 atom stereocenters. The molecule has 128 valence electrons. The molecule has 0 radical (unpaired) electrons. The van der Waals surface area contributed by atoms with E-state index in [1.165, 1.54) is 0 Å². The van der Waals surface area contributed by atoms with E-state index in [0.29, 0.717) is 0 Å². The minimum absolute atomic E-state index is 0.0671. The molecule has 3 heterocycles. The second-order valence-electron chi connectivity index (χ2n) is 6.71. The first kappa shape index (κ1) is 16.8. The third kappa shape index (κ3) is 3.41. The predicted molar refractivity (Wildman–Crippen MR) is 95.9 cm³/mol. The maximum atomic E-state index is 9.22. The van der Waals surface area contributed by atoms with Gasteiger partial charge in [0.2, 0.25) is 0 Å². The van der Waals surface area contributed by atoms with Gasteiger partial charge in [-0.2, -0.15) is 0 Å². The summed E-state index contributed by atoms with van der Waals surface area (Å²) in [5.74, 6) is 1.77. The van der Waals surface area contributed by atoms with Crippen LogP contribution in [0.4, 0.5) is 5.82 Å². The maximum Gasteiger partial charge on any atom is 0.161 e. The summed E-state index contributed by atoms with van der Waals surface area (Å²) in [5, 5.41) is 9.22. The molecule has 2 aromatic rings. The van der Waals surface area contributed by atoms with Gasteiger partial charge in [0, 0.05) is 48.4 Å². The zero-order valence-electron chi connectivity index (χ0n) is 14.6. The Hall–Kier alpha value is -2.01. The van der Waals surface area contributed by atoms with Crippen LogP contribution in [0.1, 0.15) is 45.2 Å². The average Bonchev–Trinajstić information content (AvgIpc) is 3.02.